The van der Waals surface area contributed by atoms with E-state index in [1.807, 2.05) is 0 Å². The fraction of sp³-hybridized carbons (Fsp3) is 0.750. The van der Waals surface area contributed by atoms with Gasteiger partial charge in [0.1, 0.15) is 5.78 Å². The second kappa shape index (κ2) is 2.70. The summed E-state index contributed by atoms with van der Waals surface area (Å²) < 4.78 is 0. The molecule has 3 aliphatic rings. The predicted octanol–water partition coefficient (Wildman–Crippen LogP) is 2.57. The molecule has 4 atom stereocenters. The predicted molar refractivity (Wildman–Crippen MR) is 51.2 cm³/mol. The summed E-state index contributed by atoms with van der Waals surface area (Å²) >= 11 is 0. The molecule has 0 bridgehead atoms. The molecule has 70 valence electrons. The van der Waals surface area contributed by atoms with Crippen LogP contribution in [0, 0.1) is 23.7 Å². The van der Waals surface area contributed by atoms with Gasteiger partial charge in [-0.05, 0) is 42.9 Å². The van der Waals surface area contributed by atoms with Crippen molar-refractivity contribution in [2.75, 3.05) is 0 Å². The zero-order valence-corrected chi connectivity index (χ0v) is 7.91. The lowest BCUT2D eigenvalue weighted by molar-refractivity contribution is -0.121. The third-order valence-electron chi connectivity index (χ3n) is 4.17. The van der Waals surface area contributed by atoms with E-state index in [4.69, 9.17) is 0 Å². The molecule has 0 aliphatic heterocycles. The number of carbonyl (C=O) groups is 1. The molecular weight excluding hydrogens is 160 g/mol. The van der Waals surface area contributed by atoms with E-state index in [0.29, 0.717) is 11.7 Å². The first-order valence-electron chi connectivity index (χ1n) is 5.53. The van der Waals surface area contributed by atoms with E-state index in [1.54, 1.807) is 0 Å². The number of ketones is 1. The molecule has 0 spiro atoms. The summed E-state index contributed by atoms with van der Waals surface area (Å²) in [4.78, 5) is 11.4. The Bertz CT molecular complexity index is 266. The molecule has 0 aromatic heterocycles. The van der Waals surface area contributed by atoms with Gasteiger partial charge < -0.3 is 0 Å². The maximum atomic E-state index is 11.4. The fourth-order valence-electron chi connectivity index (χ4n) is 3.56. The highest BCUT2D eigenvalue weighted by atomic mass is 16.1. The first-order valence-corrected chi connectivity index (χ1v) is 5.53. The Morgan fingerprint density at radius 3 is 3.00 bits per heavy atom. The lowest BCUT2D eigenvalue weighted by Crippen LogP contribution is -2.17. The van der Waals surface area contributed by atoms with Gasteiger partial charge >= 0.3 is 0 Å². The van der Waals surface area contributed by atoms with E-state index in [1.165, 1.54) is 19.3 Å². The van der Waals surface area contributed by atoms with Crippen molar-refractivity contribution >= 4 is 5.78 Å². The van der Waals surface area contributed by atoms with Crippen LogP contribution in [0.5, 0.6) is 0 Å². The van der Waals surface area contributed by atoms with E-state index in [9.17, 15) is 4.79 Å². The van der Waals surface area contributed by atoms with Crippen molar-refractivity contribution in [1.29, 1.82) is 0 Å². The zero-order chi connectivity index (χ0) is 8.84. The van der Waals surface area contributed by atoms with Crippen molar-refractivity contribution in [2.24, 2.45) is 23.7 Å². The Hall–Kier alpha value is -0.590. The molecule has 0 saturated heterocycles. The van der Waals surface area contributed by atoms with Crippen LogP contribution in [0.3, 0.4) is 0 Å². The molecule has 0 heterocycles. The van der Waals surface area contributed by atoms with Crippen LogP contribution in [0.4, 0.5) is 0 Å². The molecule has 0 aromatic carbocycles. The summed E-state index contributed by atoms with van der Waals surface area (Å²) in [6, 6.07) is 0. The van der Waals surface area contributed by atoms with Crippen molar-refractivity contribution in [2.45, 2.75) is 32.1 Å². The third kappa shape index (κ3) is 1.17. The Morgan fingerprint density at radius 1 is 1.15 bits per heavy atom. The summed E-state index contributed by atoms with van der Waals surface area (Å²) in [6.07, 6.45) is 10.2. The third-order valence-corrected chi connectivity index (χ3v) is 4.17. The minimum Gasteiger partial charge on any atom is -0.300 e. The van der Waals surface area contributed by atoms with Gasteiger partial charge in [0.15, 0.2) is 0 Å². The molecule has 3 rings (SSSR count). The minimum absolute atomic E-state index is 0.532. The molecule has 2 saturated carbocycles. The van der Waals surface area contributed by atoms with Crippen molar-refractivity contribution in [3.05, 3.63) is 12.2 Å². The molecule has 0 radical (unpaired) electrons. The number of hydrogen-bond donors (Lipinski definition) is 0. The highest BCUT2D eigenvalue weighted by molar-refractivity contribution is 5.80. The molecule has 3 aliphatic carbocycles. The molecule has 0 N–H and O–H groups in total. The molecular formula is C12H16O. The van der Waals surface area contributed by atoms with Gasteiger partial charge in [0.2, 0.25) is 0 Å². The zero-order valence-electron chi connectivity index (χ0n) is 7.91. The number of hydrogen-bond acceptors (Lipinski definition) is 1. The lowest BCUT2D eigenvalue weighted by atomic mass is 9.85. The maximum absolute atomic E-state index is 11.4. The standard InChI is InChI=1S/C12H16O/c13-9-6-8-4-2-1-3-5-10-11(7-9)12(8)10/h1-2,8,10-12H,3-7H2/b2-1-/t8-,10+,11-,12+/m0/s1. The van der Waals surface area contributed by atoms with Crippen molar-refractivity contribution in [3.63, 3.8) is 0 Å². The minimum atomic E-state index is 0.532. The summed E-state index contributed by atoms with van der Waals surface area (Å²) in [6.45, 7) is 0. The number of fused-ring (bicyclic) bond motifs is 1. The Balaban J connectivity index is 1.83. The maximum Gasteiger partial charge on any atom is 0.133 e. The van der Waals surface area contributed by atoms with Gasteiger partial charge in [-0.25, -0.2) is 0 Å². The largest absolute Gasteiger partial charge is 0.300 e. The van der Waals surface area contributed by atoms with E-state index >= 15 is 0 Å². The van der Waals surface area contributed by atoms with Gasteiger partial charge in [0, 0.05) is 12.8 Å². The Labute approximate surface area is 79.2 Å². The summed E-state index contributed by atoms with van der Waals surface area (Å²) in [5.41, 5.74) is 0. The van der Waals surface area contributed by atoms with Gasteiger partial charge in [-0.1, -0.05) is 12.2 Å². The van der Waals surface area contributed by atoms with Crippen LogP contribution in [0.1, 0.15) is 32.1 Å². The average Bonchev–Trinajstić information content (AvgIpc) is 2.72. The van der Waals surface area contributed by atoms with Crippen molar-refractivity contribution in [1.82, 2.24) is 0 Å². The smallest absolute Gasteiger partial charge is 0.133 e. The number of Topliss-reactive ketones (excluding diaryl/α,β-unsaturated/α-hetero) is 1. The van der Waals surface area contributed by atoms with Gasteiger partial charge in [-0.2, -0.15) is 0 Å². The first kappa shape index (κ1) is 7.78. The summed E-state index contributed by atoms with van der Waals surface area (Å²) in [5, 5.41) is 0. The highest BCUT2D eigenvalue weighted by Gasteiger charge is 2.56. The SMILES string of the molecule is O=C1C[C@@H]2C/C=C\CC[C@@H]3[C@H](C1)[C@H]23. The molecule has 1 nitrogen and oxygen atoms in total. The van der Waals surface area contributed by atoms with Crippen molar-refractivity contribution in [3.8, 4) is 0 Å². The summed E-state index contributed by atoms with van der Waals surface area (Å²) in [7, 11) is 0. The van der Waals surface area contributed by atoms with Gasteiger partial charge in [0.05, 0.1) is 0 Å². The molecule has 2 fully saturated rings. The van der Waals surface area contributed by atoms with Gasteiger partial charge in [-0.3, -0.25) is 4.79 Å². The quantitative estimate of drug-likeness (QED) is 0.518. The number of rotatable bonds is 0. The van der Waals surface area contributed by atoms with E-state index < -0.39 is 0 Å². The number of allylic oxidation sites excluding steroid dienone is 2. The topological polar surface area (TPSA) is 17.1 Å². The lowest BCUT2D eigenvalue weighted by Gasteiger charge is -2.19. The Kier molecular flexibility index (Phi) is 1.61. The summed E-state index contributed by atoms with van der Waals surface area (Å²) in [5.74, 6) is 3.90. The molecule has 0 amide bonds. The molecule has 0 unspecified atom stereocenters. The molecule has 13 heavy (non-hydrogen) atoms. The van der Waals surface area contributed by atoms with Crippen LogP contribution in [-0.4, -0.2) is 5.78 Å². The van der Waals surface area contributed by atoms with Crippen LogP contribution in [0.25, 0.3) is 0 Å². The normalized spacial score (nSPS) is 50.3. The second-order valence-corrected chi connectivity index (χ2v) is 4.90. The van der Waals surface area contributed by atoms with Crippen LogP contribution in [0.2, 0.25) is 0 Å². The van der Waals surface area contributed by atoms with Crippen molar-refractivity contribution < 1.29 is 4.79 Å². The number of carbonyl (C=O) groups excluding carboxylic acids is 1. The van der Waals surface area contributed by atoms with Gasteiger partial charge in [-0.15, -0.1) is 0 Å². The second-order valence-electron chi connectivity index (χ2n) is 4.90. The Morgan fingerprint density at radius 2 is 2.08 bits per heavy atom. The molecule has 1 heteroatoms. The van der Waals surface area contributed by atoms with Crippen LogP contribution >= 0.6 is 0 Å². The van der Waals surface area contributed by atoms with Crippen LogP contribution < -0.4 is 0 Å². The van der Waals surface area contributed by atoms with Crippen LogP contribution in [0.15, 0.2) is 12.2 Å². The van der Waals surface area contributed by atoms with Gasteiger partial charge in [0.25, 0.3) is 0 Å². The van der Waals surface area contributed by atoms with Crippen LogP contribution in [-0.2, 0) is 4.79 Å². The fourth-order valence-corrected chi connectivity index (χ4v) is 3.56. The first-order chi connectivity index (χ1) is 6.36. The van der Waals surface area contributed by atoms with E-state index in [2.05, 4.69) is 12.2 Å². The highest BCUT2D eigenvalue weighted by Crippen LogP contribution is 2.60. The van der Waals surface area contributed by atoms with E-state index in [-0.39, 0.29) is 0 Å². The monoisotopic (exact) mass is 176 g/mol. The van der Waals surface area contributed by atoms with E-state index in [0.717, 1.165) is 30.6 Å². The molecule has 0 aromatic rings. The average molecular weight is 176 g/mol.